The standard InChI is InChI=1S/C28H35F3N2O2/c1-18(2)17-35-26-13-12-24(19(3)20(26)4)25-7-5-6-23-16-32(14-15-33(23)25)27(34)21-8-10-22(11-9-21)28(29,30)31/h8-13,18,23,25H,5-7,14-17H2,1-4H3/t23-,25?/m0/s1. The first-order chi connectivity index (χ1) is 16.6. The quantitative estimate of drug-likeness (QED) is 0.488. The van der Waals surface area contributed by atoms with Crippen LogP contribution in [0.3, 0.4) is 0 Å². The highest BCUT2D eigenvalue weighted by atomic mass is 19.4. The topological polar surface area (TPSA) is 32.8 Å². The van der Waals surface area contributed by atoms with Gasteiger partial charge in [0.2, 0.25) is 0 Å². The van der Waals surface area contributed by atoms with Crippen LogP contribution in [0.1, 0.15) is 71.8 Å². The van der Waals surface area contributed by atoms with Gasteiger partial charge in [-0.05, 0) is 86.1 Å². The molecule has 2 fully saturated rings. The van der Waals surface area contributed by atoms with E-state index in [2.05, 4.69) is 44.7 Å². The van der Waals surface area contributed by atoms with Crippen molar-refractivity contribution in [2.75, 3.05) is 26.2 Å². The number of piperidine rings is 1. The second-order valence-corrected chi connectivity index (χ2v) is 10.3. The number of hydrogen-bond donors (Lipinski definition) is 0. The summed E-state index contributed by atoms with van der Waals surface area (Å²) in [5, 5.41) is 0. The maximum atomic E-state index is 13.0. The van der Waals surface area contributed by atoms with E-state index in [0.29, 0.717) is 37.2 Å². The summed E-state index contributed by atoms with van der Waals surface area (Å²) in [6.45, 7) is 11.2. The molecule has 0 aliphatic carbocycles. The van der Waals surface area contributed by atoms with E-state index in [1.165, 1.54) is 28.8 Å². The lowest BCUT2D eigenvalue weighted by Gasteiger charge is -2.49. The fourth-order valence-corrected chi connectivity index (χ4v) is 5.34. The van der Waals surface area contributed by atoms with Crippen molar-refractivity contribution in [3.8, 4) is 5.75 Å². The zero-order valence-corrected chi connectivity index (χ0v) is 21.0. The monoisotopic (exact) mass is 488 g/mol. The molecule has 2 saturated heterocycles. The highest BCUT2D eigenvalue weighted by molar-refractivity contribution is 5.94. The number of piperazine rings is 1. The third kappa shape index (κ3) is 5.50. The Labute approximate surface area is 206 Å². The van der Waals surface area contributed by atoms with E-state index in [4.69, 9.17) is 4.74 Å². The number of alkyl halides is 3. The first-order valence-electron chi connectivity index (χ1n) is 12.5. The summed E-state index contributed by atoms with van der Waals surface area (Å²) in [6.07, 6.45) is -1.23. The molecule has 4 nitrogen and oxygen atoms in total. The first-order valence-corrected chi connectivity index (χ1v) is 12.5. The van der Waals surface area contributed by atoms with Crippen molar-refractivity contribution in [2.45, 2.75) is 65.2 Å². The van der Waals surface area contributed by atoms with Gasteiger partial charge in [-0.3, -0.25) is 9.69 Å². The van der Waals surface area contributed by atoms with Gasteiger partial charge >= 0.3 is 6.18 Å². The minimum Gasteiger partial charge on any atom is -0.493 e. The Bertz CT molecular complexity index is 1050. The average molecular weight is 489 g/mol. The van der Waals surface area contributed by atoms with E-state index in [0.717, 1.165) is 43.7 Å². The highest BCUT2D eigenvalue weighted by Gasteiger charge is 2.38. The molecule has 2 aliphatic rings. The third-order valence-electron chi connectivity index (χ3n) is 7.40. The molecule has 4 rings (SSSR count). The molecule has 2 heterocycles. The molecule has 0 spiro atoms. The summed E-state index contributed by atoms with van der Waals surface area (Å²) < 4.78 is 44.6. The molecule has 1 unspecified atom stereocenters. The van der Waals surface area contributed by atoms with Gasteiger partial charge in [0, 0.05) is 37.3 Å². The average Bonchev–Trinajstić information content (AvgIpc) is 2.83. The van der Waals surface area contributed by atoms with Gasteiger partial charge in [-0.15, -0.1) is 0 Å². The number of rotatable bonds is 5. The third-order valence-corrected chi connectivity index (χ3v) is 7.40. The number of nitrogens with zero attached hydrogens (tertiary/aromatic N) is 2. The first kappa shape index (κ1) is 25.5. The summed E-state index contributed by atoms with van der Waals surface area (Å²) in [6, 6.07) is 9.39. The minimum absolute atomic E-state index is 0.195. The zero-order valence-electron chi connectivity index (χ0n) is 21.0. The lowest BCUT2D eigenvalue weighted by atomic mass is 9.86. The van der Waals surface area contributed by atoms with Crippen molar-refractivity contribution in [3.05, 3.63) is 64.2 Å². The van der Waals surface area contributed by atoms with Crippen molar-refractivity contribution in [3.63, 3.8) is 0 Å². The number of carbonyl (C=O) groups excluding carboxylic acids is 1. The van der Waals surface area contributed by atoms with Gasteiger partial charge in [0.25, 0.3) is 5.91 Å². The van der Waals surface area contributed by atoms with Crippen molar-refractivity contribution in [1.82, 2.24) is 9.80 Å². The van der Waals surface area contributed by atoms with Crippen LogP contribution in [-0.2, 0) is 6.18 Å². The molecular formula is C28H35F3N2O2. The number of ether oxygens (including phenoxy) is 1. The molecule has 7 heteroatoms. The number of hydrogen-bond acceptors (Lipinski definition) is 3. The van der Waals surface area contributed by atoms with E-state index in [1.807, 2.05) is 0 Å². The lowest BCUT2D eigenvalue weighted by molar-refractivity contribution is -0.137. The SMILES string of the molecule is Cc1c(OCC(C)C)ccc(C2CCC[C@H]3CN(C(=O)c4ccc(C(F)(F)F)cc4)CCN23)c1C. The van der Waals surface area contributed by atoms with Gasteiger partial charge in [-0.25, -0.2) is 0 Å². The minimum atomic E-state index is -4.40. The number of benzene rings is 2. The van der Waals surface area contributed by atoms with Crippen LogP contribution >= 0.6 is 0 Å². The molecule has 0 radical (unpaired) electrons. The zero-order chi connectivity index (χ0) is 25.3. The van der Waals surface area contributed by atoms with Crippen LogP contribution in [0.5, 0.6) is 5.75 Å². The van der Waals surface area contributed by atoms with Gasteiger partial charge in [0.15, 0.2) is 0 Å². The lowest BCUT2D eigenvalue weighted by Crippen LogP contribution is -2.57. The van der Waals surface area contributed by atoms with Crippen LogP contribution in [0.15, 0.2) is 36.4 Å². The Morgan fingerprint density at radius 3 is 2.40 bits per heavy atom. The molecule has 2 aliphatic heterocycles. The molecule has 2 aromatic rings. The van der Waals surface area contributed by atoms with Crippen LogP contribution < -0.4 is 4.74 Å². The van der Waals surface area contributed by atoms with Crippen molar-refractivity contribution < 1.29 is 22.7 Å². The summed E-state index contributed by atoms with van der Waals surface area (Å²) in [4.78, 5) is 17.4. The fraction of sp³-hybridized carbons (Fsp3) is 0.536. The van der Waals surface area contributed by atoms with Crippen LogP contribution in [0.25, 0.3) is 0 Å². The second-order valence-electron chi connectivity index (χ2n) is 10.3. The largest absolute Gasteiger partial charge is 0.493 e. The Morgan fingerprint density at radius 1 is 1.03 bits per heavy atom. The van der Waals surface area contributed by atoms with Crippen molar-refractivity contribution >= 4 is 5.91 Å². The Balaban J connectivity index is 1.46. The Morgan fingerprint density at radius 2 is 1.74 bits per heavy atom. The summed E-state index contributed by atoms with van der Waals surface area (Å²) in [5.74, 6) is 1.22. The maximum absolute atomic E-state index is 13.0. The Hall–Kier alpha value is -2.54. The summed E-state index contributed by atoms with van der Waals surface area (Å²) in [7, 11) is 0. The van der Waals surface area contributed by atoms with E-state index < -0.39 is 11.7 Å². The highest BCUT2D eigenvalue weighted by Crippen LogP contribution is 2.40. The van der Waals surface area contributed by atoms with Crippen LogP contribution in [0.2, 0.25) is 0 Å². The van der Waals surface area contributed by atoms with Gasteiger partial charge in [0.05, 0.1) is 12.2 Å². The number of halogens is 3. The molecule has 2 aromatic carbocycles. The van der Waals surface area contributed by atoms with Crippen LogP contribution in [0.4, 0.5) is 13.2 Å². The predicted molar refractivity (Wildman–Crippen MR) is 131 cm³/mol. The smallest absolute Gasteiger partial charge is 0.416 e. The fourth-order valence-electron chi connectivity index (χ4n) is 5.34. The number of amides is 1. The molecular weight excluding hydrogens is 453 g/mol. The molecule has 35 heavy (non-hydrogen) atoms. The predicted octanol–water partition coefficient (Wildman–Crippen LogP) is 6.41. The maximum Gasteiger partial charge on any atom is 0.416 e. The van der Waals surface area contributed by atoms with E-state index in [-0.39, 0.29) is 11.9 Å². The molecule has 190 valence electrons. The van der Waals surface area contributed by atoms with Crippen LogP contribution in [0, 0.1) is 19.8 Å². The van der Waals surface area contributed by atoms with Gasteiger partial charge in [0.1, 0.15) is 5.75 Å². The van der Waals surface area contributed by atoms with Crippen molar-refractivity contribution in [2.24, 2.45) is 5.92 Å². The van der Waals surface area contributed by atoms with Gasteiger partial charge in [-0.1, -0.05) is 19.9 Å². The van der Waals surface area contributed by atoms with Gasteiger partial charge in [-0.2, -0.15) is 13.2 Å². The van der Waals surface area contributed by atoms with E-state index >= 15 is 0 Å². The molecule has 0 saturated carbocycles. The molecule has 0 N–H and O–H groups in total. The summed E-state index contributed by atoms with van der Waals surface area (Å²) in [5.41, 5.74) is 3.34. The van der Waals surface area contributed by atoms with E-state index in [9.17, 15) is 18.0 Å². The number of fused-ring (bicyclic) bond motifs is 1. The summed E-state index contributed by atoms with van der Waals surface area (Å²) >= 11 is 0. The Kier molecular flexibility index (Phi) is 7.46. The molecule has 2 atom stereocenters. The van der Waals surface area contributed by atoms with Crippen LogP contribution in [-0.4, -0.2) is 48.0 Å². The molecule has 0 bridgehead atoms. The van der Waals surface area contributed by atoms with Gasteiger partial charge < -0.3 is 9.64 Å². The molecule has 0 aromatic heterocycles. The molecule has 1 amide bonds. The van der Waals surface area contributed by atoms with E-state index in [1.54, 1.807) is 4.90 Å². The van der Waals surface area contributed by atoms with Crippen molar-refractivity contribution in [1.29, 1.82) is 0 Å². The number of carbonyl (C=O) groups is 1. The normalized spacial score (nSPS) is 21.2. The second kappa shape index (κ2) is 10.2.